The molecule has 1 N–H and O–H groups in total. The molecule has 0 unspecified atom stereocenters. The summed E-state index contributed by atoms with van der Waals surface area (Å²) >= 11 is 0. The van der Waals surface area contributed by atoms with Crippen LogP contribution in [0.4, 0.5) is 10.1 Å². The van der Waals surface area contributed by atoms with Gasteiger partial charge in [0.05, 0.1) is 18.6 Å². The summed E-state index contributed by atoms with van der Waals surface area (Å²) in [7, 11) is -1.84. The van der Waals surface area contributed by atoms with Gasteiger partial charge in [-0.15, -0.1) is 0 Å². The zero-order valence-corrected chi connectivity index (χ0v) is 11.9. The Kier molecular flexibility index (Phi) is 3.99. The normalized spacial score (nSPS) is 20.1. The van der Waals surface area contributed by atoms with Gasteiger partial charge < -0.3 is 10.1 Å². The number of esters is 1. The zero-order chi connectivity index (χ0) is 14.8. The molecule has 0 aliphatic carbocycles. The zero-order valence-electron chi connectivity index (χ0n) is 11.1. The molecule has 110 valence electrons. The first-order valence-corrected chi connectivity index (χ1v) is 8.02. The molecule has 0 amide bonds. The molecule has 2 rings (SSSR count). The molecule has 1 aliphatic rings. The van der Waals surface area contributed by atoms with Crippen LogP contribution in [0.15, 0.2) is 24.3 Å². The van der Waals surface area contributed by atoms with Crippen LogP contribution in [0.25, 0.3) is 0 Å². The Bertz CT molecular complexity index is 583. The van der Waals surface area contributed by atoms with Gasteiger partial charge in [-0.25, -0.2) is 17.6 Å². The van der Waals surface area contributed by atoms with Crippen molar-refractivity contribution >= 4 is 21.5 Å². The number of nitrogens with one attached hydrogen (secondary N) is 1. The van der Waals surface area contributed by atoms with Crippen LogP contribution < -0.4 is 5.32 Å². The van der Waals surface area contributed by atoms with Gasteiger partial charge in [-0.1, -0.05) is 0 Å². The van der Waals surface area contributed by atoms with Gasteiger partial charge in [0.1, 0.15) is 11.4 Å². The van der Waals surface area contributed by atoms with E-state index >= 15 is 0 Å². The van der Waals surface area contributed by atoms with E-state index in [1.807, 2.05) is 0 Å². The maximum Gasteiger partial charge on any atom is 0.331 e. The number of rotatable bonds is 3. The third-order valence-electron chi connectivity index (χ3n) is 3.48. The number of hydrogen-bond donors (Lipinski definition) is 1. The molecular formula is C13H16FNO4S. The lowest BCUT2D eigenvalue weighted by atomic mass is 9.91. The molecule has 1 fully saturated rings. The number of anilines is 1. The fourth-order valence-electron chi connectivity index (χ4n) is 2.27. The Morgan fingerprint density at radius 2 is 1.80 bits per heavy atom. The molecule has 1 aliphatic heterocycles. The number of ether oxygens (including phenoxy) is 1. The highest BCUT2D eigenvalue weighted by molar-refractivity contribution is 7.91. The molecule has 1 aromatic rings. The average molecular weight is 301 g/mol. The van der Waals surface area contributed by atoms with Crippen molar-refractivity contribution in [3.8, 4) is 0 Å². The van der Waals surface area contributed by atoms with Gasteiger partial charge in [0.2, 0.25) is 0 Å². The largest absolute Gasteiger partial charge is 0.467 e. The first-order chi connectivity index (χ1) is 9.37. The van der Waals surface area contributed by atoms with E-state index < -0.39 is 21.3 Å². The molecule has 0 radical (unpaired) electrons. The third-order valence-corrected chi connectivity index (χ3v) is 5.14. The number of benzene rings is 1. The molecule has 20 heavy (non-hydrogen) atoms. The Labute approximate surface area is 117 Å². The van der Waals surface area contributed by atoms with Crippen LogP contribution in [0.2, 0.25) is 0 Å². The van der Waals surface area contributed by atoms with Crippen LogP contribution >= 0.6 is 0 Å². The number of methoxy groups -OCH3 is 1. The molecule has 1 saturated heterocycles. The number of sulfone groups is 1. The number of halogens is 1. The van der Waals surface area contributed by atoms with Gasteiger partial charge in [0.25, 0.3) is 0 Å². The van der Waals surface area contributed by atoms with Crippen molar-refractivity contribution in [2.24, 2.45) is 0 Å². The fourth-order valence-corrected chi connectivity index (χ4v) is 3.79. The summed E-state index contributed by atoms with van der Waals surface area (Å²) < 4.78 is 40.7. The second-order valence-corrected chi connectivity index (χ2v) is 7.16. The predicted molar refractivity (Wildman–Crippen MR) is 72.7 cm³/mol. The standard InChI is InChI=1S/C13H16FNO4S/c1-19-12(16)13(6-8-20(17,18)9-7-13)15-11-4-2-10(14)3-5-11/h2-5,15H,6-9H2,1H3. The van der Waals surface area contributed by atoms with Crippen LogP contribution in [-0.2, 0) is 19.4 Å². The third kappa shape index (κ3) is 3.09. The lowest BCUT2D eigenvalue weighted by Crippen LogP contribution is -2.52. The van der Waals surface area contributed by atoms with E-state index in [4.69, 9.17) is 4.74 Å². The van der Waals surface area contributed by atoms with Crippen molar-refractivity contribution < 1.29 is 22.3 Å². The Morgan fingerprint density at radius 3 is 2.30 bits per heavy atom. The van der Waals surface area contributed by atoms with Gasteiger partial charge in [-0.2, -0.15) is 0 Å². The molecular weight excluding hydrogens is 285 g/mol. The van der Waals surface area contributed by atoms with E-state index in [1.165, 1.54) is 31.4 Å². The molecule has 0 spiro atoms. The van der Waals surface area contributed by atoms with E-state index in [-0.39, 0.29) is 30.2 Å². The van der Waals surface area contributed by atoms with Crippen LogP contribution in [0.3, 0.4) is 0 Å². The number of carbonyl (C=O) groups excluding carboxylic acids is 1. The highest BCUT2D eigenvalue weighted by atomic mass is 32.2. The summed E-state index contributed by atoms with van der Waals surface area (Å²) in [6.45, 7) is 0. The lowest BCUT2D eigenvalue weighted by Gasteiger charge is -2.35. The quantitative estimate of drug-likeness (QED) is 0.853. The van der Waals surface area contributed by atoms with Gasteiger partial charge >= 0.3 is 5.97 Å². The minimum absolute atomic E-state index is 0.0731. The summed E-state index contributed by atoms with van der Waals surface area (Å²) in [5.74, 6) is -1.03. The van der Waals surface area contributed by atoms with Crippen molar-refractivity contribution in [1.29, 1.82) is 0 Å². The molecule has 0 bridgehead atoms. The predicted octanol–water partition coefficient (Wildman–Crippen LogP) is 1.36. The first kappa shape index (κ1) is 14.8. The number of carbonyl (C=O) groups is 1. The second-order valence-electron chi connectivity index (χ2n) is 4.86. The van der Waals surface area contributed by atoms with Gasteiger partial charge in [-0.05, 0) is 37.1 Å². The van der Waals surface area contributed by atoms with Crippen LogP contribution in [-0.4, -0.2) is 38.5 Å². The monoisotopic (exact) mass is 301 g/mol. The molecule has 0 saturated carbocycles. The van der Waals surface area contributed by atoms with E-state index in [0.29, 0.717) is 5.69 Å². The highest BCUT2D eigenvalue weighted by Crippen LogP contribution is 2.29. The Hall–Kier alpha value is -1.63. The molecule has 7 heteroatoms. The minimum Gasteiger partial charge on any atom is -0.467 e. The van der Waals surface area contributed by atoms with Gasteiger partial charge in [0.15, 0.2) is 9.84 Å². The van der Waals surface area contributed by atoms with Gasteiger partial charge in [0, 0.05) is 5.69 Å². The van der Waals surface area contributed by atoms with Crippen LogP contribution in [0.5, 0.6) is 0 Å². The maximum absolute atomic E-state index is 12.9. The van der Waals surface area contributed by atoms with Crippen LogP contribution in [0.1, 0.15) is 12.8 Å². The van der Waals surface area contributed by atoms with Crippen molar-refractivity contribution in [1.82, 2.24) is 0 Å². The molecule has 1 aromatic carbocycles. The van der Waals surface area contributed by atoms with Crippen LogP contribution in [0, 0.1) is 5.82 Å². The Morgan fingerprint density at radius 1 is 1.25 bits per heavy atom. The van der Waals surface area contributed by atoms with E-state index in [1.54, 1.807) is 0 Å². The van der Waals surface area contributed by atoms with E-state index in [9.17, 15) is 17.6 Å². The van der Waals surface area contributed by atoms with E-state index in [2.05, 4.69) is 5.32 Å². The molecule has 5 nitrogen and oxygen atoms in total. The highest BCUT2D eigenvalue weighted by Gasteiger charge is 2.44. The summed E-state index contributed by atoms with van der Waals surface area (Å²) in [4.78, 5) is 12.0. The van der Waals surface area contributed by atoms with E-state index in [0.717, 1.165) is 0 Å². The molecule has 0 atom stereocenters. The Balaban J connectivity index is 2.24. The fraction of sp³-hybridized carbons (Fsp3) is 0.462. The van der Waals surface area contributed by atoms with Crippen molar-refractivity contribution in [2.75, 3.05) is 23.9 Å². The summed E-state index contributed by atoms with van der Waals surface area (Å²) in [5, 5.41) is 3.00. The summed E-state index contributed by atoms with van der Waals surface area (Å²) in [6, 6.07) is 5.55. The summed E-state index contributed by atoms with van der Waals surface area (Å²) in [6.07, 6.45) is 0.277. The van der Waals surface area contributed by atoms with Crippen molar-refractivity contribution in [3.05, 3.63) is 30.1 Å². The average Bonchev–Trinajstić information content (AvgIpc) is 2.43. The lowest BCUT2D eigenvalue weighted by molar-refractivity contribution is -0.146. The topological polar surface area (TPSA) is 72.5 Å². The second kappa shape index (κ2) is 5.40. The maximum atomic E-state index is 12.9. The van der Waals surface area contributed by atoms with Gasteiger partial charge in [-0.3, -0.25) is 0 Å². The van der Waals surface area contributed by atoms with Crippen molar-refractivity contribution in [3.63, 3.8) is 0 Å². The first-order valence-electron chi connectivity index (χ1n) is 6.19. The summed E-state index contributed by atoms with van der Waals surface area (Å²) in [5.41, 5.74) is -0.520. The molecule has 0 aromatic heterocycles. The molecule has 1 heterocycles. The number of hydrogen-bond acceptors (Lipinski definition) is 5. The smallest absolute Gasteiger partial charge is 0.331 e. The van der Waals surface area contributed by atoms with Crippen molar-refractivity contribution in [2.45, 2.75) is 18.4 Å². The minimum atomic E-state index is -3.10. The SMILES string of the molecule is COC(=O)C1(Nc2ccc(F)cc2)CCS(=O)(=O)CC1.